The highest BCUT2D eigenvalue weighted by molar-refractivity contribution is 5.71. The maximum atomic E-state index is 12.9. The van der Waals surface area contributed by atoms with Crippen molar-refractivity contribution in [3.63, 3.8) is 0 Å². The van der Waals surface area contributed by atoms with Crippen LogP contribution in [0.3, 0.4) is 0 Å². The first-order chi connectivity index (χ1) is 39.0. The Kier molecular flexibility index (Phi) is 66.6. The highest BCUT2D eigenvalue weighted by atomic mass is 16.6. The summed E-state index contributed by atoms with van der Waals surface area (Å²) in [6.07, 6.45) is 83.6. The molecule has 0 rings (SSSR count). The van der Waals surface area contributed by atoms with Gasteiger partial charge in [0.05, 0.1) is 0 Å². The van der Waals surface area contributed by atoms with E-state index >= 15 is 0 Å². The number of ether oxygens (including phenoxy) is 3. The molecule has 0 saturated carbocycles. The van der Waals surface area contributed by atoms with Gasteiger partial charge >= 0.3 is 17.9 Å². The zero-order chi connectivity index (χ0) is 57.1. The molecule has 0 heterocycles. The molecule has 466 valence electrons. The van der Waals surface area contributed by atoms with E-state index in [1.54, 1.807) is 0 Å². The van der Waals surface area contributed by atoms with E-state index in [1.165, 1.54) is 302 Å². The first-order valence-corrected chi connectivity index (χ1v) is 35.8. The number of esters is 3. The zero-order valence-electron chi connectivity index (χ0n) is 53.7. The maximum Gasteiger partial charge on any atom is 0.306 e. The summed E-state index contributed by atoms with van der Waals surface area (Å²) in [5.74, 6) is -0.845. The number of rotatable bonds is 67. The van der Waals surface area contributed by atoms with Crippen molar-refractivity contribution in [2.75, 3.05) is 13.2 Å². The van der Waals surface area contributed by atoms with Gasteiger partial charge in [-0.1, -0.05) is 340 Å². The lowest BCUT2D eigenvalue weighted by molar-refractivity contribution is -0.167. The van der Waals surface area contributed by atoms with Gasteiger partial charge < -0.3 is 14.2 Å². The third-order valence-electron chi connectivity index (χ3n) is 16.4. The molecule has 79 heavy (non-hydrogen) atoms. The number of hydrogen-bond acceptors (Lipinski definition) is 6. The molecule has 0 aromatic heterocycles. The summed E-state index contributed by atoms with van der Waals surface area (Å²) in [6, 6.07) is 0. The number of unbranched alkanes of at least 4 members (excludes halogenated alkanes) is 52. The van der Waals surface area contributed by atoms with E-state index < -0.39 is 6.10 Å². The summed E-state index contributed by atoms with van der Waals surface area (Å²) >= 11 is 0. The van der Waals surface area contributed by atoms with Gasteiger partial charge in [0.25, 0.3) is 0 Å². The van der Waals surface area contributed by atoms with Crippen molar-refractivity contribution in [3.8, 4) is 0 Å². The molecular weight excluding hydrogens is 973 g/mol. The highest BCUT2D eigenvalue weighted by Crippen LogP contribution is 2.19. The second-order valence-electron chi connectivity index (χ2n) is 24.5. The van der Waals surface area contributed by atoms with Crippen LogP contribution in [-0.4, -0.2) is 37.2 Å². The lowest BCUT2D eigenvalue weighted by atomic mass is 10.0. The molecule has 0 aliphatic carbocycles. The molecule has 1 atom stereocenters. The third kappa shape index (κ3) is 66.6. The van der Waals surface area contributed by atoms with Crippen molar-refractivity contribution >= 4 is 17.9 Å². The second-order valence-corrected chi connectivity index (χ2v) is 24.5. The summed E-state index contributed by atoms with van der Waals surface area (Å²) in [5, 5.41) is 0. The average molecular weight is 1110 g/mol. The van der Waals surface area contributed by atoms with Crippen molar-refractivity contribution < 1.29 is 28.6 Å². The molecule has 0 radical (unpaired) electrons. The Morgan fingerprint density at radius 1 is 0.241 bits per heavy atom. The third-order valence-corrected chi connectivity index (χ3v) is 16.4. The standard InChI is InChI=1S/C73H138O6/c1-4-7-10-13-16-19-22-25-28-29-30-31-32-33-34-35-36-37-38-39-40-41-42-43-46-48-51-54-57-60-63-66-72(75)78-69-70(79-73(76)67-64-61-58-55-52-49-45-27-24-21-18-15-12-9-6-3)68-77-71(74)65-62-59-56-53-50-47-44-26-23-20-17-14-11-8-5-2/h27,29-30,45,70H,4-26,28,31-44,46-69H2,1-3H3/b30-29-,45-27-. The van der Waals surface area contributed by atoms with Crippen LogP contribution in [0.5, 0.6) is 0 Å². The Morgan fingerprint density at radius 3 is 0.633 bits per heavy atom. The molecule has 0 saturated heterocycles. The van der Waals surface area contributed by atoms with Gasteiger partial charge in [-0.05, 0) is 70.6 Å². The number of carbonyl (C=O) groups excluding carboxylic acids is 3. The Labute approximate surface area is 493 Å². The fourth-order valence-electron chi connectivity index (χ4n) is 11.0. The molecule has 1 unspecified atom stereocenters. The molecule has 0 aromatic carbocycles. The molecule has 0 N–H and O–H groups in total. The van der Waals surface area contributed by atoms with Crippen molar-refractivity contribution in [1.82, 2.24) is 0 Å². The van der Waals surface area contributed by atoms with Crippen LogP contribution in [0, 0.1) is 0 Å². The summed E-state index contributed by atoms with van der Waals surface area (Å²) in [4.78, 5) is 38.4. The van der Waals surface area contributed by atoms with Crippen molar-refractivity contribution in [2.24, 2.45) is 0 Å². The van der Waals surface area contributed by atoms with Crippen molar-refractivity contribution in [2.45, 2.75) is 412 Å². The Bertz CT molecular complexity index is 1270. The van der Waals surface area contributed by atoms with Crippen molar-refractivity contribution in [1.29, 1.82) is 0 Å². The quantitative estimate of drug-likeness (QED) is 0.0261. The summed E-state index contributed by atoms with van der Waals surface area (Å²) in [5.41, 5.74) is 0. The van der Waals surface area contributed by atoms with Gasteiger partial charge in [0, 0.05) is 19.3 Å². The van der Waals surface area contributed by atoms with Crippen LogP contribution in [0.2, 0.25) is 0 Å². The molecule has 0 amide bonds. The molecule has 6 heteroatoms. The van der Waals surface area contributed by atoms with Gasteiger partial charge in [-0.25, -0.2) is 0 Å². The predicted molar refractivity (Wildman–Crippen MR) is 344 cm³/mol. The zero-order valence-corrected chi connectivity index (χ0v) is 53.7. The van der Waals surface area contributed by atoms with Gasteiger partial charge in [0.2, 0.25) is 0 Å². The molecule has 0 aliphatic heterocycles. The monoisotopic (exact) mass is 1110 g/mol. The first kappa shape index (κ1) is 76.9. The Balaban J connectivity index is 4.13. The van der Waals surface area contributed by atoms with Crippen molar-refractivity contribution in [3.05, 3.63) is 24.3 Å². The SMILES string of the molecule is CCCCCCCC/C=C\CCCCCCCC(=O)OC(COC(=O)CCCCCCCCCCCCCCCCC)COC(=O)CCCCCCCCCCCCCCCCCCCCC/C=C\CCCCCCCCCC. The topological polar surface area (TPSA) is 78.9 Å². The fourth-order valence-corrected chi connectivity index (χ4v) is 11.0. The van der Waals surface area contributed by atoms with Crippen LogP contribution in [0.1, 0.15) is 406 Å². The highest BCUT2D eigenvalue weighted by Gasteiger charge is 2.19. The Morgan fingerprint density at radius 2 is 0.418 bits per heavy atom. The summed E-state index contributed by atoms with van der Waals surface area (Å²) in [7, 11) is 0. The van der Waals surface area contributed by atoms with Crippen LogP contribution in [0.4, 0.5) is 0 Å². The molecule has 0 aromatic rings. The minimum Gasteiger partial charge on any atom is -0.462 e. The summed E-state index contributed by atoms with van der Waals surface area (Å²) in [6.45, 7) is 6.70. The number of allylic oxidation sites excluding steroid dienone is 4. The minimum atomic E-state index is -0.772. The van der Waals surface area contributed by atoms with E-state index in [9.17, 15) is 14.4 Å². The van der Waals surface area contributed by atoms with E-state index in [1.807, 2.05) is 0 Å². The molecule has 0 bridgehead atoms. The Hall–Kier alpha value is -2.11. The van der Waals surface area contributed by atoms with E-state index in [-0.39, 0.29) is 31.1 Å². The van der Waals surface area contributed by atoms with Gasteiger partial charge in [-0.15, -0.1) is 0 Å². The van der Waals surface area contributed by atoms with Crippen LogP contribution in [0.15, 0.2) is 24.3 Å². The van der Waals surface area contributed by atoms with Gasteiger partial charge in [-0.2, -0.15) is 0 Å². The normalized spacial score (nSPS) is 12.1. The van der Waals surface area contributed by atoms with E-state index in [2.05, 4.69) is 45.1 Å². The van der Waals surface area contributed by atoms with E-state index in [0.717, 1.165) is 64.2 Å². The van der Waals surface area contributed by atoms with Gasteiger partial charge in [0.1, 0.15) is 13.2 Å². The largest absolute Gasteiger partial charge is 0.462 e. The number of hydrogen-bond donors (Lipinski definition) is 0. The first-order valence-electron chi connectivity index (χ1n) is 35.8. The second kappa shape index (κ2) is 68.4. The smallest absolute Gasteiger partial charge is 0.306 e. The fraction of sp³-hybridized carbons (Fsp3) is 0.904. The molecule has 0 fully saturated rings. The lowest BCUT2D eigenvalue weighted by Gasteiger charge is -2.18. The summed E-state index contributed by atoms with van der Waals surface area (Å²) < 4.78 is 17.0. The minimum absolute atomic E-state index is 0.0682. The number of carbonyl (C=O) groups is 3. The molecular formula is C73H138O6. The maximum absolute atomic E-state index is 12.9. The van der Waals surface area contributed by atoms with E-state index in [0.29, 0.717) is 19.3 Å². The average Bonchev–Trinajstić information content (AvgIpc) is 3.45. The molecule has 0 aliphatic rings. The lowest BCUT2D eigenvalue weighted by Crippen LogP contribution is -2.30. The van der Waals surface area contributed by atoms with Crippen LogP contribution >= 0.6 is 0 Å². The van der Waals surface area contributed by atoms with E-state index in [4.69, 9.17) is 14.2 Å². The van der Waals surface area contributed by atoms with Gasteiger partial charge in [-0.3, -0.25) is 14.4 Å². The predicted octanol–water partition coefficient (Wildman–Crippen LogP) is 24.6. The van der Waals surface area contributed by atoms with Crippen LogP contribution < -0.4 is 0 Å². The van der Waals surface area contributed by atoms with Gasteiger partial charge in [0.15, 0.2) is 6.10 Å². The molecule has 6 nitrogen and oxygen atoms in total. The molecule has 0 spiro atoms. The van der Waals surface area contributed by atoms with Crippen LogP contribution in [0.25, 0.3) is 0 Å². The van der Waals surface area contributed by atoms with Crippen LogP contribution in [-0.2, 0) is 28.6 Å².